The van der Waals surface area contributed by atoms with E-state index in [1.807, 2.05) is 50.8 Å². The zero-order valence-electron chi connectivity index (χ0n) is 79.0. The van der Waals surface area contributed by atoms with Crippen LogP contribution in [0.15, 0.2) is 173 Å². The molecule has 712 valence electrons. The maximum absolute atomic E-state index is 14.2. The smallest absolute Gasteiger partial charge is 0.304 e. The summed E-state index contributed by atoms with van der Waals surface area (Å²) in [7, 11) is -16.3. The number of carbonyl (C=O) groups is 4. The number of fused-ring (bicyclic) bond motifs is 1. The minimum atomic E-state index is -4.15. The predicted molar refractivity (Wildman–Crippen MR) is 517 cm³/mol. The topological polar surface area (TPSA) is 426 Å². The van der Waals surface area contributed by atoms with Gasteiger partial charge in [0.05, 0.1) is 39.0 Å². The van der Waals surface area contributed by atoms with Crippen molar-refractivity contribution >= 4 is 110 Å². The number of rotatable bonds is 26. The number of aromatic nitrogens is 9. The van der Waals surface area contributed by atoms with E-state index in [4.69, 9.17) is 10.7 Å². The number of aryl methyl sites for hydroxylation is 1. The monoisotopic (exact) mass is 1900 g/mol. The molecular weight excluding hydrogens is 1770 g/mol. The molecule has 5 saturated heterocycles. The summed E-state index contributed by atoms with van der Waals surface area (Å²) < 4.78 is 126. The van der Waals surface area contributed by atoms with E-state index < -0.39 is 69.4 Å². The Morgan fingerprint density at radius 2 is 0.970 bits per heavy atom. The number of amides is 3. The van der Waals surface area contributed by atoms with Gasteiger partial charge in [-0.1, -0.05) is 77.4 Å². The molecule has 3 amide bonds. The number of hydrogen-bond donors (Lipinski definition) is 7. The van der Waals surface area contributed by atoms with Crippen molar-refractivity contribution in [3.63, 3.8) is 0 Å². The number of pyridine rings is 7. The summed E-state index contributed by atoms with van der Waals surface area (Å²) in [6.07, 6.45) is 11.6. The van der Waals surface area contributed by atoms with E-state index in [2.05, 4.69) is 169 Å². The summed E-state index contributed by atoms with van der Waals surface area (Å²) in [5, 5.41) is 5.72. The van der Waals surface area contributed by atoms with E-state index in [0.29, 0.717) is 106 Å². The molecule has 133 heavy (non-hydrogen) atoms. The van der Waals surface area contributed by atoms with Gasteiger partial charge in [-0.2, -0.15) is 29.6 Å². The van der Waals surface area contributed by atoms with Crippen molar-refractivity contribution in [1.29, 1.82) is 0 Å². The minimum absolute atomic E-state index is 0.0919. The molecule has 5 aliphatic heterocycles. The van der Waals surface area contributed by atoms with Crippen LogP contribution in [0.5, 0.6) is 0 Å². The van der Waals surface area contributed by atoms with Crippen molar-refractivity contribution in [1.82, 2.24) is 63.3 Å². The first-order chi connectivity index (χ1) is 62.4. The third-order valence-electron chi connectivity index (χ3n) is 24.4. The molecule has 0 aliphatic carbocycles. The van der Waals surface area contributed by atoms with E-state index in [1.165, 1.54) is 28.6 Å². The lowest BCUT2D eigenvalue weighted by Gasteiger charge is -2.34. The number of anilines is 6. The third kappa shape index (κ3) is 24.4. The summed E-state index contributed by atoms with van der Waals surface area (Å²) in [6, 6.07) is 37.9. The number of hydrogen-bond acceptors (Lipinski definition) is 27. The Kier molecular flexibility index (Phi) is 30.8. The Labute approximate surface area is 781 Å². The van der Waals surface area contributed by atoms with E-state index in [-0.39, 0.29) is 91.0 Å². The van der Waals surface area contributed by atoms with Gasteiger partial charge in [-0.05, 0) is 266 Å². The van der Waals surface area contributed by atoms with Gasteiger partial charge in [-0.15, -0.1) is 0 Å². The van der Waals surface area contributed by atoms with Crippen LogP contribution in [0.3, 0.4) is 0 Å². The Bertz CT molecular complexity index is 6440. The average Bonchev–Trinajstić information content (AvgIpc) is 1.68. The highest BCUT2D eigenvalue weighted by atomic mass is 32.2. The van der Waals surface area contributed by atoms with Gasteiger partial charge in [0.15, 0.2) is 20.9 Å². The fourth-order valence-corrected chi connectivity index (χ4v) is 22.9. The van der Waals surface area contributed by atoms with Crippen molar-refractivity contribution in [2.45, 2.75) is 231 Å². The van der Waals surface area contributed by atoms with Crippen LogP contribution in [0, 0.1) is 43.3 Å². The molecule has 6 atom stereocenters. The van der Waals surface area contributed by atoms with Gasteiger partial charge in [-0.25, -0.2) is 66.8 Å². The fraction of sp³-hybridized carbons (Fsp3) is 0.458. The predicted octanol–water partition coefficient (Wildman–Crippen LogP) is 14.2. The van der Waals surface area contributed by atoms with Crippen LogP contribution < -0.4 is 50.1 Å². The highest BCUT2D eigenvalue weighted by molar-refractivity contribution is 7.92. The summed E-state index contributed by atoms with van der Waals surface area (Å²) in [4.78, 5) is 99.4. The summed E-state index contributed by atoms with van der Waals surface area (Å²) in [6.45, 7) is 40.3. The molecular formula is C96H125FN20O12S4. The molecule has 5 aliphatic rings. The van der Waals surface area contributed by atoms with Crippen LogP contribution in [0.4, 0.5) is 39.3 Å². The molecule has 15 rings (SSSR count). The molecule has 37 heteroatoms. The largest absolute Gasteiger partial charge is 0.368 e. The van der Waals surface area contributed by atoms with Crippen molar-refractivity contribution in [3.8, 4) is 11.3 Å². The molecule has 2 aromatic carbocycles. The summed E-state index contributed by atoms with van der Waals surface area (Å²) in [5.74, 6) is 1.66. The number of nitrogens with zero attached hydrogens (tertiary/aromatic N) is 13. The zero-order chi connectivity index (χ0) is 96.8. The maximum Gasteiger partial charge on any atom is 0.304 e. The van der Waals surface area contributed by atoms with Crippen LogP contribution >= 0.6 is 0 Å². The highest BCUT2D eigenvalue weighted by Gasteiger charge is 2.45. The standard InChI is InChI=1S/C28H31N5O3S.C24H32FN5O3S.C23H33N5O3S.C21H29N5O3S/c1-18-15-28(3,4)33(16-18)27-22(8-6-12-29-27)25(34)17-37(35,36)26-9-5-7-21(32-26)13-20-10-11-23-24(14-20)31-19(2)30-23;1-15-12-24(3,4)30(13-15)22-19(23(31)28-34(32,33)29-11-10-17(26)14-29)8-9-21(27-22)18-6-5-7-20(25)16(18)2;1-6-9-17(3)25-19-11-7-12-20(26-19)32(30,31)27-22(29)18-10-8-13-24-21(18)28-15-16(2)14-23(28,4)5;1-14(2)23-17-9-6-10-18(24-17)30(28,29)25-20(27)16-8-7-11-22-19(16)26-13-15(3)12-21(26,4)5/h5-12,14,18H,13,15-17H2,1-4H3,(H,30,31);5-9,15,17H,10-14,26H2,1-4H3,(H,28,31);7-8,10-13,16-17H,6,9,14-15H2,1-5H3,(H,25,26)(H,27,29);6-11,14-15H,12-13H2,1-5H3,(H,23,24)(H,25,27)/t;15-,17-;;/m.0../s1. The second kappa shape index (κ2) is 40.7. The number of nitrogens with two attached hydrogens (primary N) is 1. The van der Waals surface area contributed by atoms with E-state index in [0.717, 1.165) is 80.6 Å². The molecule has 5 fully saturated rings. The molecule has 10 aromatic rings. The van der Waals surface area contributed by atoms with Crippen LogP contribution in [-0.2, 0) is 46.5 Å². The van der Waals surface area contributed by atoms with Gasteiger partial charge in [0.2, 0.25) is 9.84 Å². The quantitative estimate of drug-likeness (QED) is 0.0248. The number of carbonyl (C=O) groups excluding carboxylic acids is 4. The number of Topliss-reactive ketones (excluding diaryl/α,β-unsaturated/α-hetero) is 1. The first-order valence-corrected chi connectivity index (χ1v) is 51.1. The van der Waals surface area contributed by atoms with Gasteiger partial charge in [-0.3, -0.25) is 19.2 Å². The number of nitrogens with one attached hydrogen (secondary N) is 6. The number of sulfone groups is 1. The Hall–Kier alpha value is -11.5. The highest BCUT2D eigenvalue weighted by Crippen LogP contribution is 2.43. The van der Waals surface area contributed by atoms with E-state index in [1.54, 1.807) is 123 Å². The molecule has 0 spiro atoms. The molecule has 4 unspecified atom stereocenters. The first-order valence-electron chi connectivity index (χ1n) is 45.0. The van der Waals surface area contributed by atoms with Gasteiger partial charge >= 0.3 is 10.2 Å². The minimum Gasteiger partial charge on any atom is -0.368 e. The lowest BCUT2D eigenvalue weighted by Crippen LogP contribution is -2.44. The SMILES string of the molecule is CC1CN(c2ncccc2C(=O)NS(=O)(=O)c2cccc(NC(C)C)n2)C(C)(C)C1.CCCC(C)Nc1cccc(S(=O)(=O)NC(=O)c2cccnc2N2CC(C)CC2(C)C)n1.Cc1c(F)cccc1-c1ccc(C(=O)NS(=O)(=O)N2CC[C@H](N)C2)c(N2C[C@@H](C)CC2(C)C)n1.Cc1nc2ccc(Cc3cccc(S(=O)(=O)CC(=O)c4cccnc4N4CC(C)CC4(C)C)n3)cc2[nH]1. The number of aromatic amines is 1. The maximum atomic E-state index is 14.2. The van der Waals surface area contributed by atoms with Crippen LogP contribution in [-0.4, -0.2) is 192 Å². The molecule has 8 N–H and O–H groups in total. The number of H-pyrrole nitrogens is 1. The lowest BCUT2D eigenvalue weighted by atomic mass is 9.97. The number of halogens is 1. The zero-order valence-corrected chi connectivity index (χ0v) is 82.2. The Morgan fingerprint density at radius 3 is 1.45 bits per heavy atom. The summed E-state index contributed by atoms with van der Waals surface area (Å²) >= 11 is 0. The van der Waals surface area contributed by atoms with Gasteiger partial charge in [0, 0.05) is 116 Å². The Morgan fingerprint density at radius 1 is 0.511 bits per heavy atom. The van der Waals surface area contributed by atoms with Gasteiger partial charge in [0.25, 0.3) is 37.8 Å². The van der Waals surface area contributed by atoms with Crippen molar-refractivity contribution < 1.29 is 57.2 Å². The second-order valence-electron chi connectivity index (χ2n) is 38.6. The first kappa shape index (κ1) is 100. The molecule has 0 radical (unpaired) electrons. The third-order valence-corrected chi connectivity index (χ3v) is 29.8. The summed E-state index contributed by atoms with van der Waals surface area (Å²) in [5.41, 5.74) is 10.9. The average molecular weight is 1900 g/mol. The molecule has 8 aromatic heterocycles. The fourth-order valence-electron chi connectivity index (χ4n) is 18.7. The van der Waals surface area contributed by atoms with Crippen LogP contribution in [0.1, 0.15) is 220 Å². The molecule has 13 heterocycles. The lowest BCUT2D eigenvalue weighted by molar-refractivity contribution is 0.0970. The normalized spacial score (nSPS) is 19.4. The molecule has 0 bridgehead atoms. The Balaban J connectivity index is 0.000000160. The number of imidazole rings is 1. The van der Waals surface area contributed by atoms with Crippen LogP contribution in [0.25, 0.3) is 22.3 Å². The van der Waals surface area contributed by atoms with E-state index in [9.17, 15) is 57.2 Å². The molecule has 0 saturated carbocycles. The van der Waals surface area contributed by atoms with Gasteiger partial charge < -0.3 is 41.0 Å². The second-order valence-corrected chi connectivity index (χ2v) is 45.5. The number of ketones is 1. The number of sulfonamides is 2. The van der Waals surface area contributed by atoms with Gasteiger partial charge in [0.1, 0.15) is 52.3 Å². The van der Waals surface area contributed by atoms with Crippen molar-refractivity contribution in [2.75, 3.05) is 75.3 Å². The van der Waals surface area contributed by atoms with Crippen molar-refractivity contribution in [3.05, 3.63) is 209 Å². The van der Waals surface area contributed by atoms with Crippen LogP contribution in [0.2, 0.25) is 0 Å². The molecule has 32 nitrogen and oxygen atoms in total. The number of benzene rings is 2. The van der Waals surface area contributed by atoms with E-state index >= 15 is 0 Å². The van der Waals surface area contributed by atoms with Crippen molar-refractivity contribution in [2.24, 2.45) is 29.4 Å².